The van der Waals surface area contributed by atoms with Crippen LogP contribution in [0.3, 0.4) is 0 Å². The minimum absolute atomic E-state index is 0.333. The Morgan fingerprint density at radius 3 is 2.77 bits per heavy atom. The van der Waals surface area contributed by atoms with E-state index in [1.807, 2.05) is 28.9 Å². The molecule has 0 aliphatic heterocycles. The fraction of sp³-hybridized carbons (Fsp3) is 0.333. The summed E-state index contributed by atoms with van der Waals surface area (Å²) in [6.45, 7) is 1.46. The van der Waals surface area contributed by atoms with Crippen molar-refractivity contribution in [1.82, 2.24) is 9.78 Å². The van der Waals surface area contributed by atoms with Crippen molar-refractivity contribution in [2.45, 2.75) is 25.5 Å². The molecular formula is C21H22N2O3. The smallest absolute Gasteiger partial charge is 0.337 e. The van der Waals surface area contributed by atoms with Crippen LogP contribution >= 0.6 is 0 Å². The van der Waals surface area contributed by atoms with Crippen LogP contribution in [0.1, 0.15) is 34.8 Å². The summed E-state index contributed by atoms with van der Waals surface area (Å²) in [6, 6.07) is 16.2. The molecule has 5 nitrogen and oxygen atoms in total. The van der Waals surface area contributed by atoms with Crippen molar-refractivity contribution >= 4 is 16.9 Å². The number of ether oxygens (including phenoxy) is 2. The Balaban J connectivity index is 1.31. The molecule has 0 saturated heterocycles. The summed E-state index contributed by atoms with van der Waals surface area (Å²) in [5.74, 6) is 0.252. The molecule has 0 unspecified atom stereocenters. The molecule has 3 aromatic rings. The fourth-order valence-electron chi connectivity index (χ4n) is 3.44. The second-order valence-corrected chi connectivity index (χ2v) is 6.87. The van der Waals surface area contributed by atoms with Gasteiger partial charge >= 0.3 is 5.97 Å². The fourth-order valence-corrected chi connectivity index (χ4v) is 3.44. The molecule has 1 aromatic heterocycles. The summed E-state index contributed by atoms with van der Waals surface area (Å²) in [5.41, 5.74) is 2.57. The van der Waals surface area contributed by atoms with Crippen molar-refractivity contribution in [2.75, 3.05) is 13.7 Å². The first kappa shape index (κ1) is 16.8. The predicted octanol–water partition coefficient (Wildman–Crippen LogP) is 3.99. The minimum atomic E-state index is -0.333. The number of aromatic nitrogens is 2. The first-order valence-electron chi connectivity index (χ1n) is 8.92. The molecule has 0 bridgehead atoms. The largest absolute Gasteiger partial charge is 0.465 e. The summed E-state index contributed by atoms with van der Waals surface area (Å²) in [5, 5.41) is 5.69. The highest BCUT2D eigenvalue weighted by molar-refractivity contribution is 5.94. The van der Waals surface area contributed by atoms with Gasteiger partial charge in [-0.3, -0.25) is 4.68 Å². The van der Waals surface area contributed by atoms with Crippen LogP contribution in [0.5, 0.6) is 0 Å². The zero-order chi connectivity index (χ0) is 17.9. The van der Waals surface area contributed by atoms with Gasteiger partial charge in [-0.15, -0.1) is 0 Å². The summed E-state index contributed by atoms with van der Waals surface area (Å²) < 4.78 is 12.6. The summed E-state index contributed by atoms with van der Waals surface area (Å²) in [6.07, 6.45) is 4.21. The zero-order valence-electron chi connectivity index (χ0n) is 14.8. The predicted molar refractivity (Wildman–Crippen MR) is 98.9 cm³/mol. The number of benzene rings is 2. The molecular weight excluding hydrogens is 328 g/mol. The van der Waals surface area contributed by atoms with E-state index >= 15 is 0 Å². The van der Waals surface area contributed by atoms with Gasteiger partial charge in [-0.25, -0.2) is 4.79 Å². The first-order valence-corrected chi connectivity index (χ1v) is 8.92. The molecule has 4 rings (SSSR count). The van der Waals surface area contributed by atoms with Crippen molar-refractivity contribution in [3.8, 4) is 0 Å². The Kier molecular flexibility index (Phi) is 4.71. The Morgan fingerprint density at radius 1 is 1.19 bits per heavy atom. The Hall–Kier alpha value is -2.66. The molecule has 134 valence electrons. The number of carbonyl (C=O) groups is 1. The minimum Gasteiger partial charge on any atom is -0.465 e. The van der Waals surface area contributed by atoms with Crippen molar-refractivity contribution in [3.05, 3.63) is 65.9 Å². The lowest BCUT2D eigenvalue weighted by molar-refractivity contribution is 0.0352. The average Bonchev–Trinajstić information content (AvgIpc) is 3.06. The van der Waals surface area contributed by atoms with Crippen LogP contribution in [0.4, 0.5) is 0 Å². The molecule has 1 aliphatic carbocycles. The van der Waals surface area contributed by atoms with E-state index in [1.165, 1.54) is 12.7 Å². The number of hydrogen-bond acceptors (Lipinski definition) is 4. The molecule has 0 radical (unpaired) electrons. The van der Waals surface area contributed by atoms with Crippen LogP contribution in [0.2, 0.25) is 0 Å². The average molecular weight is 350 g/mol. The van der Waals surface area contributed by atoms with Gasteiger partial charge < -0.3 is 9.47 Å². The Morgan fingerprint density at radius 2 is 2.00 bits per heavy atom. The quantitative estimate of drug-likeness (QED) is 0.631. The second-order valence-electron chi connectivity index (χ2n) is 6.87. The van der Waals surface area contributed by atoms with Crippen LogP contribution in [0.25, 0.3) is 10.9 Å². The number of rotatable bonds is 6. The molecule has 1 heterocycles. The van der Waals surface area contributed by atoms with Crippen LogP contribution in [-0.4, -0.2) is 29.5 Å². The highest BCUT2D eigenvalue weighted by Crippen LogP contribution is 2.38. The van der Waals surface area contributed by atoms with E-state index in [1.54, 1.807) is 12.1 Å². The molecule has 1 saturated carbocycles. The van der Waals surface area contributed by atoms with Crippen molar-refractivity contribution in [3.63, 3.8) is 0 Å². The van der Waals surface area contributed by atoms with Crippen molar-refractivity contribution in [2.24, 2.45) is 5.92 Å². The van der Waals surface area contributed by atoms with Crippen LogP contribution in [0, 0.1) is 5.92 Å². The van der Waals surface area contributed by atoms with Gasteiger partial charge in [0.2, 0.25) is 0 Å². The molecule has 0 amide bonds. The van der Waals surface area contributed by atoms with Gasteiger partial charge in [-0.1, -0.05) is 36.4 Å². The SMILES string of the molecule is COC(=O)c1ccc2cn(C3CC(COCc4ccccc4)C3)nc2c1. The number of carbonyl (C=O) groups excluding carboxylic acids is 1. The molecule has 0 atom stereocenters. The second kappa shape index (κ2) is 7.30. The molecule has 2 aromatic carbocycles. The highest BCUT2D eigenvalue weighted by atomic mass is 16.5. The lowest BCUT2D eigenvalue weighted by Gasteiger charge is -2.35. The van der Waals surface area contributed by atoms with Gasteiger partial charge in [0.15, 0.2) is 0 Å². The Labute approximate surface area is 152 Å². The van der Waals surface area contributed by atoms with E-state index in [0.29, 0.717) is 24.1 Å². The van der Waals surface area contributed by atoms with Crippen LogP contribution < -0.4 is 0 Å². The molecule has 26 heavy (non-hydrogen) atoms. The molecule has 0 N–H and O–H groups in total. The molecule has 1 fully saturated rings. The summed E-state index contributed by atoms with van der Waals surface area (Å²) in [4.78, 5) is 11.6. The number of fused-ring (bicyclic) bond motifs is 1. The van der Waals surface area contributed by atoms with E-state index in [4.69, 9.17) is 9.47 Å². The van der Waals surface area contributed by atoms with Crippen LogP contribution in [0.15, 0.2) is 54.7 Å². The maximum atomic E-state index is 11.6. The Bertz CT molecular complexity index is 898. The van der Waals surface area contributed by atoms with Crippen molar-refractivity contribution < 1.29 is 14.3 Å². The third-order valence-corrected chi connectivity index (χ3v) is 5.00. The third kappa shape index (κ3) is 3.48. The maximum Gasteiger partial charge on any atom is 0.337 e. The maximum absolute atomic E-state index is 11.6. The molecule has 1 aliphatic rings. The number of methoxy groups -OCH3 is 1. The highest BCUT2D eigenvalue weighted by Gasteiger charge is 2.31. The summed E-state index contributed by atoms with van der Waals surface area (Å²) in [7, 11) is 1.39. The zero-order valence-corrected chi connectivity index (χ0v) is 14.8. The third-order valence-electron chi connectivity index (χ3n) is 5.00. The van der Waals surface area contributed by atoms with Gasteiger partial charge in [-0.05, 0) is 36.5 Å². The van der Waals surface area contributed by atoms with Crippen LogP contribution in [-0.2, 0) is 16.1 Å². The normalized spacial score (nSPS) is 19.3. The van der Waals surface area contributed by atoms with Crippen molar-refractivity contribution in [1.29, 1.82) is 0 Å². The van der Waals surface area contributed by atoms with E-state index < -0.39 is 0 Å². The number of nitrogens with zero attached hydrogens (tertiary/aromatic N) is 2. The first-order chi connectivity index (χ1) is 12.7. The van der Waals surface area contributed by atoms with Gasteiger partial charge in [-0.2, -0.15) is 5.10 Å². The standard InChI is InChI=1S/C21H22N2O3/c1-25-21(24)17-7-8-18-12-23(22-20(18)11-17)19-9-16(10-19)14-26-13-15-5-3-2-4-6-15/h2-8,11-12,16,19H,9-10,13-14H2,1H3. The van der Waals surface area contributed by atoms with E-state index in [0.717, 1.165) is 30.4 Å². The molecule has 5 heteroatoms. The number of hydrogen-bond donors (Lipinski definition) is 0. The molecule has 0 spiro atoms. The van der Waals surface area contributed by atoms with E-state index in [-0.39, 0.29) is 5.97 Å². The van der Waals surface area contributed by atoms with Gasteiger partial charge in [0.1, 0.15) is 0 Å². The lowest BCUT2D eigenvalue weighted by atomic mass is 9.81. The van der Waals surface area contributed by atoms with Gasteiger partial charge in [0.05, 0.1) is 30.8 Å². The summed E-state index contributed by atoms with van der Waals surface area (Å²) >= 11 is 0. The lowest BCUT2D eigenvalue weighted by Crippen LogP contribution is -2.30. The van der Waals surface area contributed by atoms with Gasteiger partial charge in [0, 0.05) is 18.2 Å². The topological polar surface area (TPSA) is 53.4 Å². The van der Waals surface area contributed by atoms with E-state index in [2.05, 4.69) is 23.4 Å². The van der Waals surface area contributed by atoms with E-state index in [9.17, 15) is 4.79 Å². The van der Waals surface area contributed by atoms with Gasteiger partial charge in [0.25, 0.3) is 0 Å². The number of esters is 1. The monoisotopic (exact) mass is 350 g/mol.